The van der Waals surface area contributed by atoms with E-state index in [0.717, 1.165) is 6.07 Å². The Kier molecular flexibility index (Phi) is 3.24. The largest absolute Gasteiger partial charge is 0.478 e. The van der Waals surface area contributed by atoms with Gasteiger partial charge in [-0.1, -0.05) is 0 Å². The molecule has 1 aliphatic rings. The van der Waals surface area contributed by atoms with E-state index in [1.54, 1.807) is 0 Å². The highest BCUT2D eigenvalue weighted by Crippen LogP contribution is 2.34. The first-order valence-electron chi connectivity index (χ1n) is 5.51. The molecule has 0 aliphatic carbocycles. The summed E-state index contributed by atoms with van der Waals surface area (Å²) in [7, 11) is 0. The number of carboxylic acid groups (broad SMARTS) is 1. The van der Waals surface area contributed by atoms with Crippen molar-refractivity contribution in [3.8, 4) is 0 Å². The van der Waals surface area contributed by atoms with Gasteiger partial charge < -0.3 is 5.11 Å². The van der Waals surface area contributed by atoms with Crippen LogP contribution in [0.1, 0.15) is 28.8 Å². The van der Waals surface area contributed by atoms with Crippen molar-refractivity contribution in [3.63, 3.8) is 0 Å². The highest BCUT2D eigenvalue weighted by Gasteiger charge is 2.35. The molecule has 1 fully saturated rings. The number of amides is 2. The molecule has 0 saturated carbocycles. The number of carbonyl (C=O) groups excluding carboxylic acids is 2. The summed E-state index contributed by atoms with van der Waals surface area (Å²) >= 11 is 0. The first-order chi connectivity index (χ1) is 9.20. The third kappa shape index (κ3) is 2.49. The van der Waals surface area contributed by atoms with Crippen LogP contribution in [0.5, 0.6) is 0 Å². The van der Waals surface area contributed by atoms with E-state index in [9.17, 15) is 27.6 Å². The Labute approximate surface area is 110 Å². The Morgan fingerprint density at radius 2 is 1.65 bits per heavy atom. The molecule has 1 heterocycles. The summed E-state index contributed by atoms with van der Waals surface area (Å²) in [6, 6.07) is 1.92. The first-order valence-corrected chi connectivity index (χ1v) is 5.51. The van der Waals surface area contributed by atoms with Crippen LogP contribution in [0.4, 0.5) is 18.9 Å². The second-order valence-electron chi connectivity index (χ2n) is 4.19. The van der Waals surface area contributed by atoms with E-state index in [2.05, 4.69) is 0 Å². The van der Waals surface area contributed by atoms with Gasteiger partial charge in [-0.15, -0.1) is 0 Å². The minimum absolute atomic E-state index is 0.0997. The SMILES string of the molecule is O=C(O)c1cc(N2C(=O)CCC2=O)cc(C(F)(F)F)c1. The predicted octanol–water partition coefficient (Wildman–Crippen LogP) is 2.06. The number of alkyl halides is 3. The van der Waals surface area contributed by atoms with Crippen molar-refractivity contribution in [1.82, 2.24) is 0 Å². The molecule has 1 saturated heterocycles. The number of benzene rings is 1. The third-order valence-electron chi connectivity index (χ3n) is 2.80. The lowest BCUT2D eigenvalue weighted by Crippen LogP contribution is -2.29. The zero-order valence-corrected chi connectivity index (χ0v) is 9.90. The number of anilines is 1. The molecule has 0 aromatic heterocycles. The summed E-state index contributed by atoms with van der Waals surface area (Å²) < 4.78 is 38.1. The normalized spacial score (nSPS) is 15.8. The fraction of sp³-hybridized carbons (Fsp3) is 0.250. The first kappa shape index (κ1) is 14.0. The highest BCUT2D eigenvalue weighted by atomic mass is 19.4. The molecule has 2 amide bonds. The van der Waals surface area contributed by atoms with Crippen molar-refractivity contribution >= 4 is 23.5 Å². The quantitative estimate of drug-likeness (QED) is 0.845. The third-order valence-corrected chi connectivity index (χ3v) is 2.80. The minimum atomic E-state index is -4.77. The summed E-state index contributed by atoms with van der Waals surface area (Å²) in [5, 5.41) is 8.82. The topological polar surface area (TPSA) is 74.7 Å². The second kappa shape index (κ2) is 4.62. The van der Waals surface area contributed by atoms with E-state index in [1.807, 2.05) is 0 Å². The maximum atomic E-state index is 12.7. The van der Waals surface area contributed by atoms with Crippen LogP contribution in [0.15, 0.2) is 18.2 Å². The lowest BCUT2D eigenvalue weighted by atomic mass is 10.1. The average Bonchev–Trinajstić information content (AvgIpc) is 2.67. The number of carboxylic acids is 1. The minimum Gasteiger partial charge on any atom is -0.478 e. The van der Waals surface area contributed by atoms with E-state index < -0.39 is 35.1 Å². The van der Waals surface area contributed by atoms with Crippen LogP contribution in [0.2, 0.25) is 0 Å². The molecule has 0 unspecified atom stereocenters. The van der Waals surface area contributed by atoms with Crippen LogP contribution in [0.25, 0.3) is 0 Å². The lowest BCUT2D eigenvalue weighted by Gasteiger charge is -2.17. The number of aromatic carboxylic acids is 1. The Bertz CT molecular complexity index is 593. The number of carbonyl (C=O) groups is 3. The zero-order chi connectivity index (χ0) is 15.1. The fourth-order valence-corrected chi connectivity index (χ4v) is 1.89. The van der Waals surface area contributed by atoms with Gasteiger partial charge in [-0.3, -0.25) is 14.5 Å². The maximum absolute atomic E-state index is 12.7. The van der Waals surface area contributed by atoms with Crippen molar-refractivity contribution in [2.75, 3.05) is 4.90 Å². The molecule has 20 heavy (non-hydrogen) atoms. The average molecular weight is 287 g/mol. The molecule has 1 aromatic rings. The number of halogens is 3. The van der Waals surface area contributed by atoms with Crippen LogP contribution < -0.4 is 4.90 Å². The van der Waals surface area contributed by atoms with Gasteiger partial charge >= 0.3 is 12.1 Å². The fourth-order valence-electron chi connectivity index (χ4n) is 1.89. The zero-order valence-electron chi connectivity index (χ0n) is 9.90. The van der Waals surface area contributed by atoms with Crippen molar-refractivity contribution in [2.24, 2.45) is 0 Å². The van der Waals surface area contributed by atoms with Crippen LogP contribution >= 0.6 is 0 Å². The Balaban J connectivity index is 2.58. The Hall–Kier alpha value is -2.38. The Morgan fingerprint density at radius 3 is 2.10 bits per heavy atom. The number of hydrogen-bond donors (Lipinski definition) is 1. The van der Waals surface area contributed by atoms with Crippen LogP contribution in [0.3, 0.4) is 0 Å². The molecule has 1 aromatic carbocycles. The van der Waals surface area contributed by atoms with Gasteiger partial charge in [0, 0.05) is 12.8 Å². The molecule has 0 bridgehead atoms. The van der Waals surface area contributed by atoms with Gasteiger partial charge in [0.25, 0.3) is 0 Å². The van der Waals surface area contributed by atoms with Gasteiger partial charge in [0.15, 0.2) is 0 Å². The van der Waals surface area contributed by atoms with E-state index >= 15 is 0 Å². The van der Waals surface area contributed by atoms with Gasteiger partial charge in [0.05, 0.1) is 16.8 Å². The molecule has 0 spiro atoms. The number of rotatable bonds is 2. The van der Waals surface area contributed by atoms with Crippen LogP contribution in [0, 0.1) is 0 Å². The second-order valence-corrected chi connectivity index (χ2v) is 4.19. The molecular formula is C12H8F3NO4. The highest BCUT2D eigenvalue weighted by molar-refractivity contribution is 6.20. The molecule has 5 nitrogen and oxygen atoms in total. The van der Waals surface area contributed by atoms with Gasteiger partial charge in [-0.05, 0) is 18.2 Å². The summed E-state index contributed by atoms with van der Waals surface area (Å²) in [4.78, 5) is 34.4. The molecule has 2 rings (SSSR count). The van der Waals surface area contributed by atoms with E-state index in [4.69, 9.17) is 5.11 Å². The van der Waals surface area contributed by atoms with E-state index in [-0.39, 0.29) is 18.5 Å². The molecule has 106 valence electrons. The summed E-state index contributed by atoms with van der Waals surface area (Å²) in [5.41, 5.74) is -2.23. The summed E-state index contributed by atoms with van der Waals surface area (Å²) in [6.45, 7) is 0. The monoisotopic (exact) mass is 287 g/mol. The Morgan fingerprint density at radius 1 is 1.10 bits per heavy atom. The van der Waals surface area contributed by atoms with Gasteiger partial charge in [0.1, 0.15) is 0 Å². The lowest BCUT2D eigenvalue weighted by molar-refractivity contribution is -0.137. The van der Waals surface area contributed by atoms with Crippen molar-refractivity contribution in [1.29, 1.82) is 0 Å². The molecule has 0 atom stereocenters. The standard InChI is InChI=1S/C12H8F3NO4/c13-12(14,15)7-3-6(11(19)20)4-8(5-7)16-9(17)1-2-10(16)18/h3-5H,1-2H2,(H,19,20). The van der Waals surface area contributed by atoms with Crippen molar-refractivity contribution in [2.45, 2.75) is 19.0 Å². The molecule has 1 N–H and O–H groups in total. The van der Waals surface area contributed by atoms with Gasteiger partial charge in [-0.25, -0.2) is 4.79 Å². The van der Waals surface area contributed by atoms with Gasteiger partial charge in [-0.2, -0.15) is 13.2 Å². The molecule has 8 heteroatoms. The van der Waals surface area contributed by atoms with Gasteiger partial charge in [0.2, 0.25) is 11.8 Å². The molecule has 1 aliphatic heterocycles. The van der Waals surface area contributed by atoms with E-state index in [0.29, 0.717) is 17.0 Å². The van der Waals surface area contributed by atoms with Crippen molar-refractivity contribution in [3.05, 3.63) is 29.3 Å². The van der Waals surface area contributed by atoms with Crippen LogP contribution in [-0.4, -0.2) is 22.9 Å². The maximum Gasteiger partial charge on any atom is 0.416 e. The smallest absolute Gasteiger partial charge is 0.416 e. The summed E-state index contributed by atoms with van der Waals surface area (Å²) in [5.74, 6) is -2.87. The number of imide groups is 1. The summed E-state index contributed by atoms with van der Waals surface area (Å²) in [6.07, 6.45) is -4.97. The van der Waals surface area contributed by atoms with E-state index in [1.165, 1.54) is 0 Å². The molecule has 0 radical (unpaired) electrons. The number of hydrogen-bond acceptors (Lipinski definition) is 3. The van der Waals surface area contributed by atoms with Crippen molar-refractivity contribution < 1.29 is 32.7 Å². The van der Waals surface area contributed by atoms with Crippen LogP contribution in [-0.2, 0) is 15.8 Å². The number of nitrogens with zero attached hydrogens (tertiary/aromatic N) is 1. The predicted molar refractivity (Wildman–Crippen MR) is 60.1 cm³/mol. The molecular weight excluding hydrogens is 279 g/mol.